The zero-order valence-corrected chi connectivity index (χ0v) is 14.8. The Labute approximate surface area is 146 Å². The number of amides is 1. The van der Waals surface area contributed by atoms with Crippen molar-refractivity contribution in [1.29, 1.82) is 0 Å². The van der Waals surface area contributed by atoms with Crippen LogP contribution < -0.4 is 5.32 Å². The van der Waals surface area contributed by atoms with Crippen molar-refractivity contribution in [3.63, 3.8) is 0 Å². The van der Waals surface area contributed by atoms with E-state index in [9.17, 15) is 14.7 Å². The number of carbonyl (C=O) groups excluding carboxylic acids is 1. The standard InChI is InChI=1S/C20H22N2O3/c1-10(2)13-8-17(11(3)4)21-18(13)9-15-14-7-12(20(24)25)5-6-16(14)22-19(15)23/h5-11,21H,1-4H3,(H,22,23)(H,24,25)/b15-9-. The second kappa shape index (κ2) is 6.24. The summed E-state index contributed by atoms with van der Waals surface area (Å²) >= 11 is 0. The van der Waals surface area contributed by atoms with Gasteiger partial charge >= 0.3 is 5.97 Å². The van der Waals surface area contributed by atoms with Crippen molar-refractivity contribution >= 4 is 29.2 Å². The van der Waals surface area contributed by atoms with Gasteiger partial charge in [-0.1, -0.05) is 27.7 Å². The molecule has 0 atom stereocenters. The molecule has 1 aliphatic rings. The fraction of sp³-hybridized carbons (Fsp3) is 0.300. The van der Waals surface area contributed by atoms with Gasteiger partial charge in [-0.05, 0) is 47.7 Å². The Morgan fingerprint density at radius 3 is 2.44 bits per heavy atom. The molecule has 3 N–H and O–H groups in total. The summed E-state index contributed by atoms with van der Waals surface area (Å²) in [5.74, 6) is -0.558. The van der Waals surface area contributed by atoms with Crippen LogP contribution >= 0.6 is 0 Å². The molecule has 1 aromatic heterocycles. The minimum atomic E-state index is -1.01. The van der Waals surface area contributed by atoms with E-state index >= 15 is 0 Å². The van der Waals surface area contributed by atoms with Gasteiger partial charge in [-0.15, -0.1) is 0 Å². The third-order valence-corrected chi connectivity index (χ3v) is 4.48. The molecule has 2 aromatic rings. The van der Waals surface area contributed by atoms with Gasteiger partial charge in [0.2, 0.25) is 0 Å². The normalized spacial score (nSPS) is 15.1. The monoisotopic (exact) mass is 338 g/mol. The second-order valence-electron chi connectivity index (χ2n) is 6.98. The topological polar surface area (TPSA) is 82.2 Å². The molecular formula is C20H22N2O3. The lowest BCUT2D eigenvalue weighted by Crippen LogP contribution is -2.03. The van der Waals surface area contributed by atoms with Crippen molar-refractivity contribution in [3.8, 4) is 0 Å². The summed E-state index contributed by atoms with van der Waals surface area (Å²) in [6, 6.07) is 6.82. The fourth-order valence-corrected chi connectivity index (χ4v) is 3.03. The van der Waals surface area contributed by atoms with Crippen LogP contribution in [0.2, 0.25) is 0 Å². The van der Waals surface area contributed by atoms with Crippen LogP contribution in [-0.2, 0) is 4.79 Å². The van der Waals surface area contributed by atoms with Gasteiger partial charge < -0.3 is 15.4 Å². The van der Waals surface area contributed by atoms with Gasteiger partial charge in [-0.2, -0.15) is 0 Å². The van der Waals surface area contributed by atoms with Crippen LogP contribution in [0.15, 0.2) is 24.3 Å². The molecule has 5 heteroatoms. The smallest absolute Gasteiger partial charge is 0.335 e. The molecule has 0 fully saturated rings. The fourth-order valence-electron chi connectivity index (χ4n) is 3.03. The van der Waals surface area contributed by atoms with Crippen LogP contribution in [0, 0.1) is 0 Å². The van der Waals surface area contributed by atoms with Gasteiger partial charge in [0.15, 0.2) is 0 Å². The van der Waals surface area contributed by atoms with Crippen LogP contribution in [0.3, 0.4) is 0 Å². The van der Waals surface area contributed by atoms with E-state index in [0.717, 1.165) is 17.0 Å². The molecule has 0 bridgehead atoms. The van der Waals surface area contributed by atoms with E-state index in [1.807, 2.05) is 6.08 Å². The number of fused-ring (bicyclic) bond motifs is 1. The number of benzene rings is 1. The maximum atomic E-state index is 12.4. The number of hydrogen-bond acceptors (Lipinski definition) is 2. The average Bonchev–Trinajstić information content (AvgIpc) is 3.09. The first-order chi connectivity index (χ1) is 11.8. The largest absolute Gasteiger partial charge is 0.478 e. The van der Waals surface area contributed by atoms with E-state index in [1.54, 1.807) is 12.1 Å². The molecule has 2 heterocycles. The van der Waals surface area contributed by atoms with E-state index in [1.165, 1.54) is 6.07 Å². The van der Waals surface area contributed by atoms with Crippen LogP contribution in [0.5, 0.6) is 0 Å². The third-order valence-electron chi connectivity index (χ3n) is 4.48. The van der Waals surface area contributed by atoms with Gasteiger partial charge in [0, 0.05) is 22.6 Å². The first-order valence-electron chi connectivity index (χ1n) is 8.41. The maximum Gasteiger partial charge on any atom is 0.335 e. The van der Waals surface area contributed by atoms with E-state index in [-0.39, 0.29) is 11.5 Å². The van der Waals surface area contributed by atoms with Gasteiger partial charge in [0.1, 0.15) is 0 Å². The molecule has 1 aliphatic heterocycles. The Hall–Kier alpha value is -2.82. The lowest BCUT2D eigenvalue weighted by molar-refractivity contribution is -0.110. The SMILES string of the molecule is CC(C)c1cc(C(C)C)c(/C=C2\C(=O)Nc3ccc(C(=O)O)cc32)[nH]1. The lowest BCUT2D eigenvalue weighted by Gasteiger charge is -2.05. The second-order valence-corrected chi connectivity index (χ2v) is 6.98. The number of aromatic carboxylic acids is 1. The van der Waals surface area contributed by atoms with Crippen molar-refractivity contribution in [3.05, 3.63) is 52.3 Å². The Balaban J connectivity index is 2.13. The van der Waals surface area contributed by atoms with Crippen LogP contribution in [0.4, 0.5) is 5.69 Å². The number of H-pyrrole nitrogens is 1. The average molecular weight is 338 g/mol. The van der Waals surface area contributed by atoms with Gasteiger partial charge in [0.05, 0.1) is 11.1 Å². The molecule has 0 saturated carbocycles. The highest BCUT2D eigenvalue weighted by atomic mass is 16.4. The van der Waals surface area contributed by atoms with Crippen molar-refractivity contribution < 1.29 is 14.7 Å². The number of aromatic nitrogens is 1. The van der Waals surface area contributed by atoms with E-state index in [0.29, 0.717) is 28.7 Å². The Bertz CT molecular complexity index is 888. The summed E-state index contributed by atoms with van der Waals surface area (Å²) in [5.41, 5.74) is 5.08. The Morgan fingerprint density at radius 2 is 1.84 bits per heavy atom. The molecular weight excluding hydrogens is 316 g/mol. The summed E-state index contributed by atoms with van der Waals surface area (Å²) in [4.78, 5) is 27.0. The summed E-state index contributed by atoms with van der Waals surface area (Å²) in [5, 5.41) is 12.0. The summed E-state index contributed by atoms with van der Waals surface area (Å²) in [7, 11) is 0. The molecule has 1 aromatic carbocycles. The maximum absolute atomic E-state index is 12.4. The van der Waals surface area contributed by atoms with Crippen LogP contribution in [0.1, 0.15) is 72.4 Å². The highest BCUT2D eigenvalue weighted by Crippen LogP contribution is 2.35. The predicted molar refractivity (Wildman–Crippen MR) is 98.9 cm³/mol. The number of carboxylic acid groups (broad SMARTS) is 1. The minimum Gasteiger partial charge on any atom is -0.478 e. The molecule has 25 heavy (non-hydrogen) atoms. The first-order valence-corrected chi connectivity index (χ1v) is 8.41. The summed E-state index contributed by atoms with van der Waals surface area (Å²) in [6.45, 7) is 8.45. The van der Waals surface area contributed by atoms with Crippen molar-refractivity contribution in [2.24, 2.45) is 0 Å². The van der Waals surface area contributed by atoms with Gasteiger partial charge in [-0.3, -0.25) is 4.79 Å². The molecule has 130 valence electrons. The highest BCUT2D eigenvalue weighted by Gasteiger charge is 2.26. The van der Waals surface area contributed by atoms with Crippen LogP contribution in [0.25, 0.3) is 11.6 Å². The van der Waals surface area contributed by atoms with E-state index < -0.39 is 5.97 Å². The van der Waals surface area contributed by atoms with Gasteiger partial charge in [-0.25, -0.2) is 4.79 Å². The summed E-state index contributed by atoms with van der Waals surface area (Å²) < 4.78 is 0. The lowest BCUT2D eigenvalue weighted by atomic mass is 9.98. The van der Waals surface area contributed by atoms with E-state index in [2.05, 4.69) is 44.1 Å². The minimum absolute atomic E-state index is 0.166. The molecule has 3 rings (SSSR count). The van der Waals surface area contributed by atoms with Crippen molar-refractivity contribution in [2.75, 3.05) is 5.32 Å². The van der Waals surface area contributed by atoms with Gasteiger partial charge in [0.25, 0.3) is 5.91 Å². The number of carbonyl (C=O) groups is 2. The first kappa shape index (κ1) is 17.0. The van der Waals surface area contributed by atoms with Crippen LogP contribution in [-0.4, -0.2) is 22.0 Å². The summed E-state index contributed by atoms with van der Waals surface area (Å²) in [6.07, 6.45) is 1.83. The molecule has 5 nitrogen and oxygen atoms in total. The molecule has 0 radical (unpaired) electrons. The third kappa shape index (κ3) is 3.09. The molecule has 0 spiro atoms. The number of carboxylic acids is 1. The quantitative estimate of drug-likeness (QED) is 0.720. The molecule has 1 amide bonds. The van der Waals surface area contributed by atoms with Crippen molar-refractivity contribution in [2.45, 2.75) is 39.5 Å². The Kier molecular flexibility index (Phi) is 4.25. The van der Waals surface area contributed by atoms with E-state index in [4.69, 9.17) is 0 Å². The Morgan fingerprint density at radius 1 is 1.12 bits per heavy atom. The number of anilines is 1. The number of rotatable bonds is 4. The number of hydrogen-bond donors (Lipinski definition) is 3. The highest BCUT2D eigenvalue weighted by molar-refractivity contribution is 6.35. The molecule has 0 aliphatic carbocycles. The predicted octanol–water partition coefficient (Wildman–Crippen LogP) is 4.45. The number of aromatic amines is 1. The number of nitrogens with one attached hydrogen (secondary N) is 2. The molecule has 0 unspecified atom stereocenters. The molecule has 0 saturated heterocycles. The van der Waals surface area contributed by atoms with Crippen molar-refractivity contribution in [1.82, 2.24) is 4.98 Å². The zero-order chi connectivity index (χ0) is 18.3. The zero-order valence-electron chi connectivity index (χ0n) is 14.8.